The molecular formula is C19H19N5O3S2. The van der Waals surface area contributed by atoms with Crippen LogP contribution in [0.4, 0.5) is 0 Å². The highest BCUT2D eigenvalue weighted by Crippen LogP contribution is 2.35. The van der Waals surface area contributed by atoms with Gasteiger partial charge in [0.1, 0.15) is 21.9 Å². The molecule has 1 aliphatic rings. The largest absolute Gasteiger partial charge is 0.360 e. The summed E-state index contributed by atoms with van der Waals surface area (Å²) in [5.74, 6) is 1.14. The van der Waals surface area contributed by atoms with Crippen LogP contribution in [-0.2, 0) is 10.0 Å². The van der Waals surface area contributed by atoms with E-state index in [-0.39, 0.29) is 10.9 Å². The molecule has 1 aliphatic heterocycles. The summed E-state index contributed by atoms with van der Waals surface area (Å²) in [4.78, 5) is 9.48. The smallest absolute Gasteiger partial charge is 0.248 e. The Morgan fingerprint density at radius 1 is 1.28 bits per heavy atom. The summed E-state index contributed by atoms with van der Waals surface area (Å²) in [7, 11) is -3.68. The van der Waals surface area contributed by atoms with Crippen LogP contribution in [0.15, 0.2) is 44.6 Å². The second-order valence-corrected chi connectivity index (χ2v) is 9.78. The first-order valence-electron chi connectivity index (χ1n) is 9.25. The molecule has 150 valence electrons. The summed E-state index contributed by atoms with van der Waals surface area (Å²) in [6, 6.07) is 5.76. The van der Waals surface area contributed by atoms with E-state index < -0.39 is 10.0 Å². The molecule has 8 nitrogen and oxygen atoms in total. The van der Waals surface area contributed by atoms with Crippen molar-refractivity contribution in [3.63, 3.8) is 0 Å². The third-order valence-corrected chi connectivity index (χ3v) is 8.08. The molecule has 1 fully saturated rings. The Hall–Kier alpha value is -2.56. The zero-order valence-corrected chi connectivity index (χ0v) is 17.6. The van der Waals surface area contributed by atoms with Crippen molar-refractivity contribution in [3.05, 3.63) is 46.6 Å². The van der Waals surface area contributed by atoms with E-state index in [0.717, 1.165) is 22.6 Å². The average Bonchev–Trinajstić information content (AvgIpc) is 3.47. The maximum Gasteiger partial charge on any atom is 0.248 e. The van der Waals surface area contributed by atoms with Crippen molar-refractivity contribution in [2.75, 3.05) is 13.1 Å². The van der Waals surface area contributed by atoms with Gasteiger partial charge in [-0.15, -0.1) is 0 Å². The molecule has 0 saturated carbocycles. The Morgan fingerprint density at radius 3 is 2.86 bits per heavy atom. The van der Waals surface area contributed by atoms with Gasteiger partial charge in [0.05, 0.1) is 6.04 Å². The number of sulfonamides is 1. The Labute approximate surface area is 171 Å². The first-order chi connectivity index (χ1) is 14.0. The van der Waals surface area contributed by atoms with Crippen LogP contribution in [0.1, 0.15) is 23.9 Å². The van der Waals surface area contributed by atoms with Crippen LogP contribution in [0.5, 0.6) is 0 Å². The van der Waals surface area contributed by atoms with Crippen molar-refractivity contribution in [3.8, 4) is 11.4 Å². The van der Waals surface area contributed by atoms with Gasteiger partial charge >= 0.3 is 0 Å². The summed E-state index contributed by atoms with van der Waals surface area (Å²) >= 11 is 1.60. The Balaban J connectivity index is 1.56. The fourth-order valence-corrected chi connectivity index (χ4v) is 6.40. The number of aromatic nitrogens is 4. The molecule has 0 aliphatic carbocycles. The van der Waals surface area contributed by atoms with Crippen molar-refractivity contribution >= 4 is 32.5 Å². The molecule has 0 aromatic carbocycles. The summed E-state index contributed by atoms with van der Waals surface area (Å²) in [6.45, 7) is 4.06. The molecule has 0 radical (unpaired) electrons. The van der Waals surface area contributed by atoms with Crippen molar-refractivity contribution in [1.29, 1.82) is 0 Å². The molecule has 5 rings (SSSR count). The van der Waals surface area contributed by atoms with Gasteiger partial charge in [0.15, 0.2) is 11.4 Å². The van der Waals surface area contributed by atoms with E-state index >= 15 is 0 Å². The van der Waals surface area contributed by atoms with Crippen molar-refractivity contribution in [2.45, 2.75) is 31.2 Å². The van der Waals surface area contributed by atoms with Crippen LogP contribution in [0, 0.1) is 13.8 Å². The molecule has 0 spiro atoms. The van der Waals surface area contributed by atoms with Crippen LogP contribution >= 0.6 is 11.3 Å². The SMILES string of the molecule is Cc1noc(C)c1S(=O)(=O)N1CC[C@H](n2c(-c3ccsc3)nc3cccnc32)C1. The van der Waals surface area contributed by atoms with Gasteiger partial charge in [-0.3, -0.25) is 0 Å². The second kappa shape index (κ2) is 6.75. The van der Waals surface area contributed by atoms with Gasteiger partial charge in [-0.25, -0.2) is 18.4 Å². The lowest BCUT2D eigenvalue weighted by Crippen LogP contribution is -2.30. The van der Waals surface area contributed by atoms with Crippen LogP contribution in [-0.4, -0.2) is 45.5 Å². The summed E-state index contributed by atoms with van der Waals surface area (Å²) < 4.78 is 35.1. The van der Waals surface area contributed by atoms with E-state index in [1.54, 1.807) is 31.4 Å². The first-order valence-corrected chi connectivity index (χ1v) is 11.6. The second-order valence-electron chi connectivity index (χ2n) is 7.12. The molecule has 0 unspecified atom stereocenters. The van der Waals surface area contributed by atoms with Crippen LogP contribution in [0.3, 0.4) is 0 Å². The number of hydrogen-bond donors (Lipinski definition) is 0. The van der Waals surface area contributed by atoms with E-state index in [9.17, 15) is 8.42 Å². The summed E-state index contributed by atoms with van der Waals surface area (Å²) in [5, 5.41) is 7.86. The van der Waals surface area contributed by atoms with Crippen molar-refractivity contribution < 1.29 is 12.9 Å². The minimum absolute atomic E-state index is 0.0555. The van der Waals surface area contributed by atoms with Gasteiger partial charge in [-0.2, -0.15) is 15.6 Å². The molecule has 0 N–H and O–H groups in total. The zero-order chi connectivity index (χ0) is 20.2. The number of fused-ring (bicyclic) bond motifs is 1. The highest BCUT2D eigenvalue weighted by Gasteiger charge is 2.38. The average molecular weight is 430 g/mol. The molecule has 29 heavy (non-hydrogen) atoms. The number of thiophene rings is 1. The van der Waals surface area contributed by atoms with E-state index in [0.29, 0.717) is 31.0 Å². The lowest BCUT2D eigenvalue weighted by Gasteiger charge is -2.18. The quantitative estimate of drug-likeness (QED) is 0.493. The van der Waals surface area contributed by atoms with E-state index in [1.165, 1.54) is 4.31 Å². The fraction of sp³-hybridized carbons (Fsp3) is 0.316. The Kier molecular flexibility index (Phi) is 4.30. The highest BCUT2D eigenvalue weighted by molar-refractivity contribution is 7.89. The van der Waals surface area contributed by atoms with E-state index in [2.05, 4.69) is 14.7 Å². The monoisotopic (exact) mass is 429 g/mol. The highest BCUT2D eigenvalue weighted by atomic mass is 32.2. The number of aryl methyl sites for hydroxylation is 2. The molecule has 0 bridgehead atoms. The summed E-state index contributed by atoms with van der Waals surface area (Å²) in [6.07, 6.45) is 2.42. The van der Waals surface area contributed by atoms with Gasteiger partial charge in [0.2, 0.25) is 10.0 Å². The van der Waals surface area contributed by atoms with Gasteiger partial charge in [-0.1, -0.05) is 5.16 Å². The van der Waals surface area contributed by atoms with Crippen LogP contribution in [0.2, 0.25) is 0 Å². The predicted molar refractivity (Wildman–Crippen MR) is 109 cm³/mol. The molecule has 10 heteroatoms. The molecule has 1 atom stereocenters. The third-order valence-electron chi connectivity index (χ3n) is 5.29. The Morgan fingerprint density at radius 2 is 2.14 bits per heavy atom. The molecule has 4 aromatic rings. The summed E-state index contributed by atoms with van der Waals surface area (Å²) in [5.41, 5.74) is 2.98. The normalized spacial score (nSPS) is 18.1. The zero-order valence-electron chi connectivity index (χ0n) is 15.9. The number of rotatable bonds is 4. The van der Waals surface area contributed by atoms with Gasteiger partial charge in [0, 0.05) is 30.2 Å². The van der Waals surface area contributed by atoms with Crippen LogP contribution in [0.25, 0.3) is 22.6 Å². The third kappa shape index (κ3) is 2.90. The predicted octanol–water partition coefficient (Wildman–Crippen LogP) is 3.40. The lowest BCUT2D eigenvalue weighted by molar-refractivity contribution is 0.389. The van der Waals surface area contributed by atoms with E-state index in [4.69, 9.17) is 9.51 Å². The van der Waals surface area contributed by atoms with Gasteiger partial charge in [0.25, 0.3) is 0 Å². The number of pyridine rings is 1. The van der Waals surface area contributed by atoms with Gasteiger partial charge in [-0.05, 0) is 43.8 Å². The van der Waals surface area contributed by atoms with Crippen LogP contribution < -0.4 is 0 Å². The number of hydrogen-bond acceptors (Lipinski definition) is 7. The number of imidazole rings is 1. The maximum atomic E-state index is 13.2. The Bertz CT molecular complexity index is 1270. The molecule has 1 saturated heterocycles. The molecular weight excluding hydrogens is 410 g/mol. The first kappa shape index (κ1) is 18.5. The topological polar surface area (TPSA) is 94.1 Å². The maximum absolute atomic E-state index is 13.2. The molecule has 4 aromatic heterocycles. The molecule has 0 amide bonds. The standard InChI is InChI=1S/C19H19N5O3S2/c1-12-17(13(2)27-22-12)29(25,26)23-8-5-15(10-23)24-18(14-6-9-28-11-14)21-16-4-3-7-20-19(16)24/h3-4,6-7,9,11,15H,5,8,10H2,1-2H3/t15-/m0/s1. The minimum Gasteiger partial charge on any atom is -0.360 e. The fourth-order valence-electron chi connectivity index (χ4n) is 3.98. The minimum atomic E-state index is -3.68. The van der Waals surface area contributed by atoms with Crippen molar-refractivity contribution in [2.24, 2.45) is 0 Å². The van der Waals surface area contributed by atoms with Crippen molar-refractivity contribution in [1.82, 2.24) is 24.0 Å². The number of nitrogens with zero attached hydrogens (tertiary/aromatic N) is 5. The van der Waals surface area contributed by atoms with Gasteiger partial charge < -0.3 is 9.09 Å². The lowest BCUT2D eigenvalue weighted by atomic mass is 10.2. The van der Waals surface area contributed by atoms with E-state index in [1.807, 2.05) is 29.0 Å². The molecule has 5 heterocycles.